The molecule has 1 aromatic carbocycles. The highest BCUT2D eigenvalue weighted by Gasteiger charge is 2.66. The topological polar surface area (TPSA) is 59.0 Å². The maximum absolute atomic E-state index is 13.3. The van der Waals surface area contributed by atoms with Gasteiger partial charge in [0.2, 0.25) is 0 Å². The summed E-state index contributed by atoms with van der Waals surface area (Å²) in [5.74, 6) is 1.60. The van der Waals surface area contributed by atoms with Crippen LogP contribution in [0.15, 0.2) is 24.3 Å². The average Bonchev–Trinajstić information content (AvgIpc) is 2.99. The molecule has 2 aliphatic carbocycles. The van der Waals surface area contributed by atoms with Crippen molar-refractivity contribution >= 4 is 5.78 Å². The second kappa shape index (κ2) is 5.57. The third kappa shape index (κ3) is 1.85. The van der Waals surface area contributed by atoms with Crippen LogP contribution in [0, 0.1) is 5.92 Å². The molecule has 5 nitrogen and oxygen atoms in total. The van der Waals surface area contributed by atoms with E-state index >= 15 is 0 Å². The van der Waals surface area contributed by atoms with Gasteiger partial charge in [-0.1, -0.05) is 25.5 Å². The Hall–Kier alpha value is -1.85. The van der Waals surface area contributed by atoms with E-state index in [4.69, 9.17) is 9.47 Å². The molecule has 5 heteroatoms. The monoisotopic (exact) mass is 355 g/mol. The normalized spacial score (nSPS) is 36.7. The quantitative estimate of drug-likeness (QED) is 0.663. The zero-order valence-corrected chi connectivity index (χ0v) is 15.3. The van der Waals surface area contributed by atoms with Gasteiger partial charge in [0.05, 0.1) is 12.6 Å². The Kier molecular flexibility index (Phi) is 3.50. The minimum absolute atomic E-state index is 0.0433. The van der Waals surface area contributed by atoms with Crippen LogP contribution in [0.1, 0.15) is 42.1 Å². The van der Waals surface area contributed by atoms with Gasteiger partial charge in [0.1, 0.15) is 12.2 Å². The minimum Gasteiger partial charge on any atom is -0.490 e. The first-order chi connectivity index (χ1) is 12.6. The number of unbranched alkanes of at least 4 members (excludes halogenated alkanes) is 1. The number of likely N-dealkylation sites (N-methyl/N-ethyl adjacent to an activating group) is 1. The largest absolute Gasteiger partial charge is 0.490 e. The van der Waals surface area contributed by atoms with Gasteiger partial charge in [0.15, 0.2) is 17.3 Å². The zero-order valence-electron chi connectivity index (χ0n) is 15.3. The van der Waals surface area contributed by atoms with Crippen LogP contribution in [0.3, 0.4) is 0 Å². The van der Waals surface area contributed by atoms with Gasteiger partial charge in [-0.15, -0.1) is 0 Å². The summed E-state index contributed by atoms with van der Waals surface area (Å²) in [6.45, 7) is 3.59. The highest BCUT2D eigenvalue weighted by atomic mass is 16.5. The molecule has 0 radical (unpaired) electrons. The maximum Gasteiger partial charge on any atom is 0.181 e. The van der Waals surface area contributed by atoms with Crippen molar-refractivity contribution in [2.45, 2.75) is 49.9 Å². The Labute approximate surface area is 153 Å². The highest BCUT2D eigenvalue weighted by molar-refractivity contribution is 6.05. The molecule has 5 atom stereocenters. The lowest BCUT2D eigenvalue weighted by Crippen LogP contribution is -2.66. The number of carbonyl (C=O) groups is 1. The average molecular weight is 355 g/mol. The van der Waals surface area contributed by atoms with E-state index in [1.54, 1.807) is 0 Å². The molecule has 5 rings (SSSR count). The fourth-order valence-corrected chi connectivity index (χ4v) is 5.52. The van der Waals surface area contributed by atoms with Gasteiger partial charge in [0.25, 0.3) is 0 Å². The molecule has 0 aromatic heterocycles. The number of aliphatic hydroxyl groups is 1. The number of rotatable bonds is 4. The molecule has 1 spiro atoms. The first kappa shape index (κ1) is 16.3. The number of carbonyl (C=O) groups excluding carboxylic acids is 1. The van der Waals surface area contributed by atoms with Crippen molar-refractivity contribution in [2.24, 2.45) is 5.92 Å². The Balaban J connectivity index is 1.71. The number of likely N-dealkylation sites (tertiary alicyclic amines) is 1. The minimum atomic E-state index is -0.660. The second-order valence-electron chi connectivity index (χ2n) is 8.04. The number of hydrogen-bond donors (Lipinski definition) is 1. The Morgan fingerprint density at radius 3 is 3.04 bits per heavy atom. The number of hydrogen-bond acceptors (Lipinski definition) is 5. The smallest absolute Gasteiger partial charge is 0.181 e. The number of Topliss-reactive ketones (excluding diaryl/α,β-unsaturated/α-hetero) is 1. The van der Waals surface area contributed by atoms with Crippen molar-refractivity contribution in [2.75, 3.05) is 20.2 Å². The molecule has 26 heavy (non-hydrogen) atoms. The van der Waals surface area contributed by atoms with Crippen molar-refractivity contribution in [1.29, 1.82) is 0 Å². The van der Waals surface area contributed by atoms with Crippen molar-refractivity contribution in [3.05, 3.63) is 35.4 Å². The van der Waals surface area contributed by atoms with E-state index in [1.807, 2.05) is 31.3 Å². The van der Waals surface area contributed by atoms with Crippen LogP contribution in [-0.2, 0) is 5.41 Å². The lowest BCUT2D eigenvalue weighted by Gasteiger charge is -2.55. The molecule has 0 saturated carbocycles. The summed E-state index contributed by atoms with van der Waals surface area (Å²) in [5, 5.41) is 10.7. The Bertz CT molecular complexity index is 803. The van der Waals surface area contributed by atoms with Gasteiger partial charge in [0, 0.05) is 22.5 Å². The SMILES string of the molecule is CCCCOc1ccc2c3c1O[C@H]1[C@@H](O)C=C[C@H]4[C@@H](C2=O)N(C)CC[C@@]341. The predicted octanol–water partition coefficient (Wildman–Crippen LogP) is 2.31. The zero-order chi connectivity index (χ0) is 18.1. The molecule has 1 aromatic rings. The van der Waals surface area contributed by atoms with Crippen LogP contribution in [0.25, 0.3) is 0 Å². The van der Waals surface area contributed by atoms with Gasteiger partial charge < -0.3 is 14.6 Å². The molecule has 2 heterocycles. The van der Waals surface area contributed by atoms with Crippen molar-refractivity contribution in [1.82, 2.24) is 4.90 Å². The van der Waals surface area contributed by atoms with E-state index in [9.17, 15) is 9.90 Å². The molecule has 2 bridgehead atoms. The molecule has 1 fully saturated rings. The van der Waals surface area contributed by atoms with Crippen LogP contribution in [0.5, 0.6) is 11.5 Å². The Morgan fingerprint density at radius 1 is 1.38 bits per heavy atom. The molecular formula is C21H25NO4. The van der Waals surface area contributed by atoms with E-state index in [-0.39, 0.29) is 29.3 Å². The summed E-state index contributed by atoms with van der Waals surface area (Å²) in [6, 6.07) is 3.60. The number of piperidine rings is 1. The third-order valence-electron chi connectivity index (χ3n) is 6.74. The summed E-state index contributed by atoms with van der Waals surface area (Å²) in [5.41, 5.74) is 1.41. The molecular weight excluding hydrogens is 330 g/mol. The van der Waals surface area contributed by atoms with Crippen molar-refractivity contribution in [3.8, 4) is 11.5 Å². The molecule has 138 valence electrons. The number of aliphatic hydroxyl groups excluding tert-OH is 1. The fraction of sp³-hybridized carbons (Fsp3) is 0.571. The molecule has 0 amide bonds. The molecule has 4 aliphatic rings. The van der Waals surface area contributed by atoms with Crippen molar-refractivity contribution < 1.29 is 19.4 Å². The summed E-state index contributed by atoms with van der Waals surface area (Å²) in [7, 11) is 2.02. The van der Waals surface area contributed by atoms with E-state index in [1.165, 1.54) is 0 Å². The standard InChI is InChI=1S/C21H25NO4/c1-3-4-11-25-15-8-5-12-16-19(15)26-20-14(23)7-6-13-17(18(12)24)22(2)10-9-21(13,16)20/h5-8,13-14,17,20,23H,3-4,9-11H2,1-2H3/t13-,14-,17-,20-,21-/m0/s1. The first-order valence-electron chi connectivity index (χ1n) is 9.67. The molecule has 0 unspecified atom stereocenters. The second-order valence-corrected chi connectivity index (χ2v) is 8.04. The molecule has 2 aliphatic heterocycles. The highest BCUT2D eigenvalue weighted by Crippen LogP contribution is 2.62. The lowest BCUT2D eigenvalue weighted by atomic mass is 9.53. The third-order valence-corrected chi connectivity index (χ3v) is 6.74. The van der Waals surface area contributed by atoms with E-state index < -0.39 is 6.10 Å². The number of benzene rings is 1. The summed E-state index contributed by atoms with van der Waals surface area (Å²) < 4.78 is 12.3. The predicted molar refractivity (Wildman–Crippen MR) is 96.9 cm³/mol. The van der Waals surface area contributed by atoms with Gasteiger partial charge in [-0.05, 0) is 38.6 Å². The van der Waals surface area contributed by atoms with Crippen LogP contribution in [0.2, 0.25) is 0 Å². The molecule has 1 saturated heterocycles. The van der Waals surface area contributed by atoms with Gasteiger partial charge in [-0.3, -0.25) is 9.69 Å². The van der Waals surface area contributed by atoms with Gasteiger partial charge in [-0.25, -0.2) is 0 Å². The Morgan fingerprint density at radius 2 is 2.23 bits per heavy atom. The number of nitrogens with zero attached hydrogens (tertiary/aromatic N) is 1. The van der Waals surface area contributed by atoms with Crippen LogP contribution in [-0.4, -0.2) is 54.2 Å². The fourth-order valence-electron chi connectivity index (χ4n) is 5.52. The summed E-state index contributed by atoms with van der Waals surface area (Å²) in [4.78, 5) is 15.4. The van der Waals surface area contributed by atoms with Crippen molar-refractivity contribution in [3.63, 3.8) is 0 Å². The summed E-state index contributed by atoms with van der Waals surface area (Å²) >= 11 is 0. The first-order valence-corrected chi connectivity index (χ1v) is 9.67. The number of ether oxygens (including phenoxy) is 2. The summed E-state index contributed by atoms with van der Waals surface area (Å²) in [6.07, 6.45) is 5.77. The van der Waals surface area contributed by atoms with E-state index in [0.717, 1.165) is 36.9 Å². The number of ketones is 1. The van der Waals surface area contributed by atoms with Crippen LogP contribution < -0.4 is 9.47 Å². The lowest BCUT2D eigenvalue weighted by molar-refractivity contribution is -0.0387. The molecule has 1 N–H and O–H groups in total. The van der Waals surface area contributed by atoms with Gasteiger partial charge in [-0.2, -0.15) is 0 Å². The van der Waals surface area contributed by atoms with Gasteiger partial charge >= 0.3 is 0 Å². The van der Waals surface area contributed by atoms with E-state index in [0.29, 0.717) is 18.1 Å². The van der Waals surface area contributed by atoms with E-state index in [2.05, 4.69) is 11.8 Å². The van der Waals surface area contributed by atoms with Crippen LogP contribution >= 0.6 is 0 Å². The van der Waals surface area contributed by atoms with Crippen LogP contribution in [0.4, 0.5) is 0 Å². The maximum atomic E-state index is 13.3.